The van der Waals surface area contributed by atoms with Gasteiger partial charge in [-0.25, -0.2) is 4.39 Å². The normalized spacial score (nSPS) is 16.1. The zero-order valence-corrected chi connectivity index (χ0v) is 13.7. The van der Waals surface area contributed by atoms with Crippen molar-refractivity contribution in [3.63, 3.8) is 0 Å². The SMILES string of the molecule is CCNC(c1ccn(Cc2ccc(F)c(Br)c2)c1)C1CC1. The summed E-state index contributed by atoms with van der Waals surface area (Å²) in [6, 6.07) is 7.87. The number of nitrogens with zero attached hydrogens (tertiary/aromatic N) is 1. The Balaban J connectivity index is 1.73. The minimum absolute atomic E-state index is 0.215. The number of aromatic nitrogens is 1. The minimum Gasteiger partial charge on any atom is -0.350 e. The Bertz CT molecular complexity index is 619. The molecule has 1 heterocycles. The molecule has 0 radical (unpaired) electrons. The minimum atomic E-state index is -0.215. The summed E-state index contributed by atoms with van der Waals surface area (Å²) in [6.45, 7) is 3.92. The van der Waals surface area contributed by atoms with Crippen LogP contribution in [0.1, 0.15) is 36.9 Å². The van der Waals surface area contributed by atoms with Gasteiger partial charge in [-0.05, 0) is 70.6 Å². The number of hydrogen-bond donors (Lipinski definition) is 1. The Kier molecular flexibility index (Phi) is 4.45. The lowest BCUT2D eigenvalue weighted by atomic mass is 10.1. The van der Waals surface area contributed by atoms with E-state index in [2.05, 4.69) is 51.2 Å². The van der Waals surface area contributed by atoms with Gasteiger partial charge >= 0.3 is 0 Å². The molecule has 1 saturated carbocycles. The zero-order chi connectivity index (χ0) is 14.8. The van der Waals surface area contributed by atoms with Crippen molar-refractivity contribution < 1.29 is 4.39 Å². The lowest BCUT2D eigenvalue weighted by Gasteiger charge is -2.15. The molecule has 2 aromatic rings. The summed E-state index contributed by atoms with van der Waals surface area (Å²) < 4.78 is 16.0. The van der Waals surface area contributed by atoms with Gasteiger partial charge in [-0.3, -0.25) is 0 Å². The van der Waals surface area contributed by atoms with Crippen LogP contribution >= 0.6 is 15.9 Å². The molecule has 0 bridgehead atoms. The molecule has 1 aromatic carbocycles. The van der Waals surface area contributed by atoms with E-state index in [9.17, 15) is 4.39 Å². The first-order valence-electron chi connectivity index (χ1n) is 7.50. The van der Waals surface area contributed by atoms with E-state index in [4.69, 9.17) is 0 Å². The highest BCUT2D eigenvalue weighted by Gasteiger charge is 2.31. The van der Waals surface area contributed by atoms with Crippen LogP contribution < -0.4 is 5.32 Å². The van der Waals surface area contributed by atoms with Crippen molar-refractivity contribution in [2.45, 2.75) is 32.4 Å². The Morgan fingerprint density at radius 2 is 2.19 bits per heavy atom. The molecule has 112 valence electrons. The van der Waals surface area contributed by atoms with Crippen LogP contribution in [0, 0.1) is 11.7 Å². The van der Waals surface area contributed by atoms with Gasteiger partial charge in [0.1, 0.15) is 5.82 Å². The van der Waals surface area contributed by atoms with Crippen molar-refractivity contribution in [1.82, 2.24) is 9.88 Å². The maximum Gasteiger partial charge on any atom is 0.137 e. The molecule has 4 heteroatoms. The lowest BCUT2D eigenvalue weighted by molar-refractivity contribution is 0.495. The van der Waals surface area contributed by atoms with Gasteiger partial charge in [0.2, 0.25) is 0 Å². The summed E-state index contributed by atoms with van der Waals surface area (Å²) in [5.41, 5.74) is 2.46. The molecule has 1 aliphatic rings. The van der Waals surface area contributed by atoms with Gasteiger partial charge in [-0.1, -0.05) is 13.0 Å². The van der Waals surface area contributed by atoms with Crippen molar-refractivity contribution in [1.29, 1.82) is 0 Å². The molecule has 1 N–H and O–H groups in total. The molecule has 1 aliphatic carbocycles. The molecule has 3 rings (SSSR count). The van der Waals surface area contributed by atoms with Crippen LogP contribution in [0.25, 0.3) is 0 Å². The largest absolute Gasteiger partial charge is 0.350 e. The van der Waals surface area contributed by atoms with E-state index < -0.39 is 0 Å². The third-order valence-corrected chi connectivity index (χ3v) is 4.61. The molecule has 0 aliphatic heterocycles. The van der Waals surface area contributed by atoms with E-state index in [0.29, 0.717) is 10.5 Å². The van der Waals surface area contributed by atoms with Crippen LogP contribution in [0.5, 0.6) is 0 Å². The first kappa shape index (κ1) is 14.8. The second-order valence-electron chi connectivity index (χ2n) is 5.74. The number of nitrogens with one attached hydrogen (secondary N) is 1. The molecule has 2 nitrogen and oxygen atoms in total. The van der Waals surface area contributed by atoms with Crippen LogP contribution in [0.3, 0.4) is 0 Å². The molecule has 0 amide bonds. The third-order valence-electron chi connectivity index (χ3n) is 4.00. The van der Waals surface area contributed by atoms with E-state index in [0.717, 1.165) is 24.6 Å². The van der Waals surface area contributed by atoms with Crippen LogP contribution in [0.15, 0.2) is 41.1 Å². The highest BCUT2D eigenvalue weighted by molar-refractivity contribution is 9.10. The highest BCUT2D eigenvalue weighted by Crippen LogP contribution is 2.41. The first-order chi connectivity index (χ1) is 10.2. The highest BCUT2D eigenvalue weighted by atomic mass is 79.9. The molecule has 1 unspecified atom stereocenters. The maximum atomic E-state index is 13.3. The van der Waals surface area contributed by atoms with Crippen LogP contribution in [0.2, 0.25) is 0 Å². The monoisotopic (exact) mass is 350 g/mol. The summed E-state index contributed by atoms with van der Waals surface area (Å²) in [7, 11) is 0. The molecule has 1 aromatic heterocycles. The van der Waals surface area contributed by atoms with Crippen molar-refractivity contribution in [2.24, 2.45) is 5.92 Å². The summed E-state index contributed by atoms with van der Waals surface area (Å²) in [4.78, 5) is 0. The fourth-order valence-electron chi connectivity index (χ4n) is 2.80. The molecular formula is C17H20BrFN2. The summed E-state index contributed by atoms with van der Waals surface area (Å²) in [5, 5.41) is 3.58. The molecule has 0 spiro atoms. The lowest BCUT2D eigenvalue weighted by Crippen LogP contribution is -2.22. The predicted molar refractivity (Wildman–Crippen MR) is 86.8 cm³/mol. The fourth-order valence-corrected chi connectivity index (χ4v) is 3.22. The van der Waals surface area contributed by atoms with Crippen LogP contribution in [-0.4, -0.2) is 11.1 Å². The smallest absolute Gasteiger partial charge is 0.137 e. The van der Waals surface area contributed by atoms with Gasteiger partial charge in [0.15, 0.2) is 0 Å². The second kappa shape index (κ2) is 6.32. The van der Waals surface area contributed by atoms with E-state index >= 15 is 0 Å². The maximum absolute atomic E-state index is 13.3. The summed E-state index contributed by atoms with van der Waals surface area (Å²) in [5.74, 6) is 0.577. The number of rotatable bonds is 6. The summed E-state index contributed by atoms with van der Waals surface area (Å²) in [6.07, 6.45) is 6.98. The Morgan fingerprint density at radius 3 is 2.86 bits per heavy atom. The van der Waals surface area contributed by atoms with Crippen molar-refractivity contribution in [3.05, 3.63) is 58.1 Å². The van der Waals surface area contributed by atoms with E-state index in [1.807, 2.05) is 12.1 Å². The standard InChI is InChI=1S/C17H20BrFN2/c1-2-20-17(13-4-5-13)14-7-8-21(11-14)10-12-3-6-16(19)15(18)9-12/h3,6-9,11,13,17,20H,2,4-5,10H2,1H3. The Hall–Kier alpha value is -1.13. The van der Waals surface area contributed by atoms with Gasteiger partial charge in [0, 0.05) is 25.0 Å². The van der Waals surface area contributed by atoms with Crippen LogP contribution in [0.4, 0.5) is 4.39 Å². The molecular weight excluding hydrogens is 331 g/mol. The number of halogens is 2. The second-order valence-corrected chi connectivity index (χ2v) is 6.59. The van der Waals surface area contributed by atoms with Gasteiger partial charge in [-0.2, -0.15) is 0 Å². The van der Waals surface area contributed by atoms with Gasteiger partial charge in [0.25, 0.3) is 0 Å². The van der Waals surface area contributed by atoms with Crippen molar-refractivity contribution >= 4 is 15.9 Å². The van der Waals surface area contributed by atoms with Crippen molar-refractivity contribution in [3.8, 4) is 0 Å². The average Bonchev–Trinajstić information content (AvgIpc) is 3.20. The molecule has 1 fully saturated rings. The van der Waals surface area contributed by atoms with Gasteiger partial charge < -0.3 is 9.88 Å². The van der Waals surface area contributed by atoms with Crippen molar-refractivity contribution in [2.75, 3.05) is 6.54 Å². The third kappa shape index (κ3) is 3.55. The van der Waals surface area contributed by atoms with E-state index in [1.165, 1.54) is 24.5 Å². The molecule has 0 saturated heterocycles. The van der Waals surface area contributed by atoms with E-state index in [-0.39, 0.29) is 5.82 Å². The Morgan fingerprint density at radius 1 is 1.38 bits per heavy atom. The topological polar surface area (TPSA) is 17.0 Å². The van der Waals surface area contributed by atoms with Crippen LogP contribution in [-0.2, 0) is 6.54 Å². The van der Waals surface area contributed by atoms with Gasteiger partial charge in [-0.15, -0.1) is 0 Å². The quantitative estimate of drug-likeness (QED) is 0.811. The van der Waals surface area contributed by atoms with Gasteiger partial charge in [0.05, 0.1) is 4.47 Å². The number of benzene rings is 1. The van der Waals surface area contributed by atoms with E-state index in [1.54, 1.807) is 0 Å². The predicted octanol–water partition coefficient (Wildman–Crippen LogP) is 4.50. The zero-order valence-electron chi connectivity index (χ0n) is 12.2. The Labute approximate surface area is 133 Å². The average molecular weight is 351 g/mol. The molecule has 21 heavy (non-hydrogen) atoms. The first-order valence-corrected chi connectivity index (χ1v) is 8.29. The summed E-state index contributed by atoms with van der Waals surface area (Å²) >= 11 is 3.24. The fraction of sp³-hybridized carbons (Fsp3) is 0.412. The number of hydrogen-bond acceptors (Lipinski definition) is 1. The molecule has 1 atom stereocenters.